The van der Waals surface area contributed by atoms with E-state index in [0.717, 1.165) is 11.4 Å². The Morgan fingerprint density at radius 1 is 1.21 bits per heavy atom. The molecule has 9 nitrogen and oxygen atoms in total. The molecule has 2 N–H and O–H groups in total. The van der Waals surface area contributed by atoms with Crippen molar-refractivity contribution in [2.45, 2.75) is 32.6 Å². The van der Waals surface area contributed by atoms with E-state index in [2.05, 4.69) is 15.4 Å². The standard InChI is InChI=1S/C19H23N5O4S/c1-5-23(6-2)29(27,28)14-7-8-17(25)16(10-14)22-19(26)15-11-20-24-13(4)9-12(3)21-18(15)24/h7-11,25H,5-6H2,1-4H3,(H,22,26). The van der Waals surface area contributed by atoms with E-state index in [1.54, 1.807) is 18.4 Å². The number of carbonyl (C=O) groups is 1. The maximum atomic E-state index is 12.8. The predicted octanol–water partition coefficient (Wildman–Crippen LogP) is 2.33. The van der Waals surface area contributed by atoms with Gasteiger partial charge < -0.3 is 10.4 Å². The second kappa shape index (κ2) is 7.80. The minimum Gasteiger partial charge on any atom is -0.506 e. The number of phenolic OH excluding ortho intramolecular Hbond substituents is 1. The summed E-state index contributed by atoms with van der Waals surface area (Å²) >= 11 is 0. The van der Waals surface area contributed by atoms with Crippen molar-refractivity contribution in [3.05, 3.63) is 47.4 Å². The Hall–Kier alpha value is -2.98. The van der Waals surface area contributed by atoms with E-state index in [9.17, 15) is 18.3 Å². The Kier molecular flexibility index (Phi) is 5.58. The number of fused-ring (bicyclic) bond motifs is 1. The Labute approximate surface area is 169 Å². The highest BCUT2D eigenvalue weighted by molar-refractivity contribution is 7.89. The molecule has 2 aromatic heterocycles. The zero-order valence-electron chi connectivity index (χ0n) is 16.7. The van der Waals surface area contributed by atoms with Gasteiger partial charge in [0, 0.05) is 24.5 Å². The van der Waals surface area contributed by atoms with Crippen molar-refractivity contribution < 1.29 is 18.3 Å². The normalized spacial score (nSPS) is 11.9. The molecule has 29 heavy (non-hydrogen) atoms. The number of amides is 1. The van der Waals surface area contributed by atoms with E-state index in [1.807, 2.05) is 19.9 Å². The van der Waals surface area contributed by atoms with Gasteiger partial charge in [0.2, 0.25) is 10.0 Å². The minimum atomic E-state index is -3.73. The smallest absolute Gasteiger partial charge is 0.261 e. The van der Waals surface area contributed by atoms with E-state index in [1.165, 1.54) is 28.7 Å². The molecule has 154 valence electrons. The summed E-state index contributed by atoms with van der Waals surface area (Å²) < 4.78 is 28.3. The molecule has 0 bridgehead atoms. The Morgan fingerprint density at radius 3 is 2.55 bits per heavy atom. The topological polar surface area (TPSA) is 117 Å². The molecule has 2 heterocycles. The zero-order valence-corrected chi connectivity index (χ0v) is 17.5. The van der Waals surface area contributed by atoms with E-state index in [4.69, 9.17) is 0 Å². The Morgan fingerprint density at radius 2 is 1.90 bits per heavy atom. The van der Waals surface area contributed by atoms with Crippen LogP contribution < -0.4 is 5.32 Å². The molecule has 1 amide bonds. The molecule has 3 aromatic rings. The highest BCUT2D eigenvalue weighted by Gasteiger charge is 2.24. The zero-order chi connectivity index (χ0) is 21.3. The molecule has 3 rings (SSSR count). The molecule has 0 atom stereocenters. The van der Waals surface area contributed by atoms with Gasteiger partial charge in [0.15, 0.2) is 5.65 Å². The quantitative estimate of drug-likeness (QED) is 0.595. The lowest BCUT2D eigenvalue weighted by molar-refractivity contribution is 0.102. The third-order valence-electron chi connectivity index (χ3n) is 4.58. The summed E-state index contributed by atoms with van der Waals surface area (Å²) in [5, 5.41) is 16.9. The molecule has 0 aliphatic carbocycles. The van der Waals surface area contributed by atoms with Gasteiger partial charge in [-0.05, 0) is 38.1 Å². The monoisotopic (exact) mass is 417 g/mol. The van der Waals surface area contributed by atoms with Crippen LogP contribution in [0.5, 0.6) is 5.75 Å². The molecule has 1 aromatic carbocycles. The second-order valence-electron chi connectivity index (χ2n) is 6.55. The van der Waals surface area contributed by atoms with Crippen LogP contribution in [0.1, 0.15) is 35.6 Å². The van der Waals surface area contributed by atoms with Crippen molar-refractivity contribution in [1.82, 2.24) is 18.9 Å². The van der Waals surface area contributed by atoms with E-state index in [-0.39, 0.29) is 21.9 Å². The summed E-state index contributed by atoms with van der Waals surface area (Å²) in [4.78, 5) is 17.1. The molecular weight excluding hydrogens is 394 g/mol. The summed E-state index contributed by atoms with van der Waals surface area (Å²) in [6.45, 7) is 7.78. The molecule has 0 saturated carbocycles. The molecular formula is C19H23N5O4S. The van der Waals surface area contributed by atoms with Crippen LogP contribution in [-0.2, 0) is 10.0 Å². The van der Waals surface area contributed by atoms with Crippen LogP contribution in [0.25, 0.3) is 5.65 Å². The number of hydrogen-bond acceptors (Lipinski definition) is 6. The number of nitrogens with zero attached hydrogens (tertiary/aromatic N) is 4. The van der Waals surface area contributed by atoms with Gasteiger partial charge in [-0.2, -0.15) is 9.40 Å². The maximum Gasteiger partial charge on any atom is 0.261 e. The second-order valence-corrected chi connectivity index (χ2v) is 8.49. The largest absolute Gasteiger partial charge is 0.506 e. The van der Waals surface area contributed by atoms with E-state index < -0.39 is 15.9 Å². The van der Waals surface area contributed by atoms with Gasteiger partial charge in [-0.15, -0.1) is 0 Å². The number of benzene rings is 1. The highest BCUT2D eigenvalue weighted by atomic mass is 32.2. The van der Waals surface area contributed by atoms with Crippen LogP contribution in [0.4, 0.5) is 5.69 Å². The van der Waals surface area contributed by atoms with Crippen molar-refractivity contribution in [2.75, 3.05) is 18.4 Å². The van der Waals surface area contributed by atoms with Gasteiger partial charge in [0.25, 0.3) is 5.91 Å². The average Bonchev–Trinajstić information content (AvgIpc) is 3.08. The number of aromatic nitrogens is 3. The number of phenols is 1. The van der Waals surface area contributed by atoms with Crippen LogP contribution in [0.15, 0.2) is 35.4 Å². The fraction of sp³-hybridized carbons (Fsp3) is 0.316. The maximum absolute atomic E-state index is 12.8. The minimum absolute atomic E-state index is 0.00745. The van der Waals surface area contributed by atoms with Gasteiger partial charge in [0.05, 0.1) is 16.8 Å². The molecule has 0 saturated heterocycles. The van der Waals surface area contributed by atoms with Crippen molar-refractivity contribution >= 4 is 27.3 Å². The summed E-state index contributed by atoms with van der Waals surface area (Å²) in [7, 11) is -3.73. The summed E-state index contributed by atoms with van der Waals surface area (Å²) in [6, 6.07) is 5.64. The number of sulfonamides is 1. The summed E-state index contributed by atoms with van der Waals surface area (Å²) in [5.41, 5.74) is 2.15. The number of aromatic hydroxyl groups is 1. The molecule has 10 heteroatoms. The van der Waals surface area contributed by atoms with Crippen molar-refractivity contribution in [3.63, 3.8) is 0 Å². The van der Waals surface area contributed by atoms with Gasteiger partial charge in [0.1, 0.15) is 11.3 Å². The SMILES string of the molecule is CCN(CC)S(=O)(=O)c1ccc(O)c(NC(=O)c2cnn3c(C)cc(C)nc23)c1. The van der Waals surface area contributed by atoms with Crippen LogP contribution >= 0.6 is 0 Å². The molecule has 0 unspecified atom stereocenters. The summed E-state index contributed by atoms with van der Waals surface area (Å²) in [6.07, 6.45) is 1.39. The van der Waals surface area contributed by atoms with Crippen molar-refractivity contribution in [3.8, 4) is 5.75 Å². The fourth-order valence-corrected chi connectivity index (χ4v) is 4.59. The van der Waals surface area contributed by atoms with Crippen LogP contribution in [0.3, 0.4) is 0 Å². The number of hydrogen-bond donors (Lipinski definition) is 2. The first-order chi connectivity index (χ1) is 13.7. The first-order valence-electron chi connectivity index (χ1n) is 9.15. The van der Waals surface area contributed by atoms with Gasteiger partial charge >= 0.3 is 0 Å². The molecule has 0 fully saturated rings. The lowest BCUT2D eigenvalue weighted by Gasteiger charge is -2.19. The molecule has 0 spiro atoms. The number of nitrogens with one attached hydrogen (secondary N) is 1. The van der Waals surface area contributed by atoms with Crippen LogP contribution in [0.2, 0.25) is 0 Å². The van der Waals surface area contributed by atoms with Crippen LogP contribution in [-0.4, -0.2) is 51.4 Å². The summed E-state index contributed by atoms with van der Waals surface area (Å²) in [5.74, 6) is -0.793. The van der Waals surface area contributed by atoms with E-state index in [0.29, 0.717) is 18.7 Å². The molecule has 0 aliphatic rings. The van der Waals surface area contributed by atoms with Gasteiger partial charge in [-0.25, -0.2) is 17.9 Å². The lowest BCUT2D eigenvalue weighted by Crippen LogP contribution is -2.30. The predicted molar refractivity (Wildman–Crippen MR) is 109 cm³/mol. The fourth-order valence-electron chi connectivity index (χ4n) is 3.11. The number of anilines is 1. The Balaban J connectivity index is 1.98. The number of rotatable bonds is 6. The molecule has 0 aliphatic heterocycles. The first kappa shape index (κ1) is 20.7. The third-order valence-corrected chi connectivity index (χ3v) is 6.63. The molecule has 0 radical (unpaired) electrons. The van der Waals surface area contributed by atoms with Gasteiger partial charge in [-0.1, -0.05) is 13.8 Å². The third kappa shape index (κ3) is 3.81. The van der Waals surface area contributed by atoms with Crippen LogP contribution in [0, 0.1) is 13.8 Å². The van der Waals surface area contributed by atoms with Crippen molar-refractivity contribution in [2.24, 2.45) is 0 Å². The first-order valence-corrected chi connectivity index (χ1v) is 10.6. The number of aryl methyl sites for hydroxylation is 2. The Bertz CT molecular complexity index is 1180. The van der Waals surface area contributed by atoms with Gasteiger partial charge in [-0.3, -0.25) is 4.79 Å². The lowest BCUT2D eigenvalue weighted by atomic mass is 10.2. The highest BCUT2D eigenvalue weighted by Crippen LogP contribution is 2.28. The average molecular weight is 417 g/mol. The van der Waals surface area contributed by atoms with E-state index >= 15 is 0 Å². The van der Waals surface area contributed by atoms with Crippen molar-refractivity contribution in [1.29, 1.82) is 0 Å². The number of carbonyl (C=O) groups excluding carboxylic acids is 1.